The molecule has 176 valence electrons. The lowest BCUT2D eigenvalue weighted by molar-refractivity contribution is -0.156. The SMILES string of the molecule is CC(C)(C)OC(=O)C[C@@H](NC(=O)/C=C/C1CCCCC1)C(=O)NCCc1ccc(O)cc1. The molecule has 2 amide bonds. The summed E-state index contributed by atoms with van der Waals surface area (Å²) < 4.78 is 5.33. The molecule has 1 atom stereocenters. The summed E-state index contributed by atoms with van der Waals surface area (Å²) in [6.45, 7) is 5.59. The van der Waals surface area contributed by atoms with Gasteiger partial charge in [0.25, 0.3) is 0 Å². The summed E-state index contributed by atoms with van der Waals surface area (Å²) in [5.74, 6) is -0.809. The predicted molar refractivity (Wildman–Crippen MR) is 123 cm³/mol. The maximum Gasteiger partial charge on any atom is 0.308 e. The minimum atomic E-state index is -1.02. The molecule has 32 heavy (non-hydrogen) atoms. The molecule has 1 aliphatic carbocycles. The van der Waals surface area contributed by atoms with Gasteiger partial charge in [0.05, 0.1) is 6.42 Å². The molecule has 0 bridgehead atoms. The Labute approximate surface area is 190 Å². The Bertz CT molecular complexity index is 790. The van der Waals surface area contributed by atoms with Crippen molar-refractivity contribution in [3.05, 3.63) is 42.0 Å². The Morgan fingerprint density at radius 2 is 1.78 bits per heavy atom. The first-order chi connectivity index (χ1) is 15.1. The fourth-order valence-corrected chi connectivity index (χ4v) is 3.64. The van der Waals surface area contributed by atoms with Gasteiger partial charge in [-0.3, -0.25) is 14.4 Å². The smallest absolute Gasteiger partial charge is 0.308 e. The third-order valence-electron chi connectivity index (χ3n) is 5.24. The molecule has 7 nitrogen and oxygen atoms in total. The molecular formula is C25H36N2O5. The highest BCUT2D eigenvalue weighted by atomic mass is 16.6. The number of hydrogen-bond donors (Lipinski definition) is 3. The summed E-state index contributed by atoms with van der Waals surface area (Å²) in [6, 6.07) is 5.70. The zero-order chi connectivity index (χ0) is 23.6. The van der Waals surface area contributed by atoms with E-state index in [2.05, 4.69) is 10.6 Å². The van der Waals surface area contributed by atoms with Gasteiger partial charge in [0.2, 0.25) is 11.8 Å². The normalized spacial score (nSPS) is 15.8. The van der Waals surface area contributed by atoms with E-state index in [4.69, 9.17) is 4.74 Å². The standard InChI is InChI=1S/C25H36N2O5/c1-25(2,3)32-23(30)17-21(27-22(29)14-11-18-7-5-4-6-8-18)24(31)26-16-15-19-9-12-20(28)13-10-19/h9-14,18,21,28H,4-8,15-17H2,1-3H3,(H,26,31)(H,27,29)/b14-11+/t21-/m1/s1. The number of aromatic hydroxyl groups is 1. The van der Waals surface area contributed by atoms with E-state index in [1.807, 2.05) is 6.08 Å². The molecule has 3 N–H and O–H groups in total. The van der Waals surface area contributed by atoms with Crippen molar-refractivity contribution >= 4 is 17.8 Å². The molecule has 0 aliphatic heterocycles. The van der Waals surface area contributed by atoms with E-state index in [1.54, 1.807) is 45.0 Å². The third-order valence-corrected chi connectivity index (χ3v) is 5.24. The highest BCUT2D eigenvalue weighted by molar-refractivity contribution is 5.94. The number of ether oxygens (including phenoxy) is 1. The van der Waals surface area contributed by atoms with Gasteiger partial charge in [0, 0.05) is 6.54 Å². The Kier molecular flexibility index (Phi) is 9.75. The zero-order valence-corrected chi connectivity index (χ0v) is 19.4. The number of hydrogen-bond acceptors (Lipinski definition) is 5. The molecule has 0 aromatic heterocycles. The molecule has 1 aromatic rings. The topological polar surface area (TPSA) is 105 Å². The lowest BCUT2D eigenvalue weighted by atomic mass is 9.89. The monoisotopic (exact) mass is 444 g/mol. The first-order valence-electron chi connectivity index (χ1n) is 11.4. The van der Waals surface area contributed by atoms with E-state index in [0.29, 0.717) is 18.9 Å². The van der Waals surface area contributed by atoms with Crippen molar-refractivity contribution < 1.29 is 24.2 Å². The van der Waals surface area contributed by atoms with Gasteiger partial charge < -0.3 is 20.5 Å². The summed E-state index contributed by atoms with van der Waals surface area (Å²) in [5, 5.41) is 14.8. The number of phenolic OH excluding ortho intramolecular Hbond substituents is 1. The number of esters is 1. The summed E-state index contributed by atoms with van der Waals surface area (Å²) in [4.78, 5) is 37.5. The summed E-state index contributed by atoms with van der Waals surface area (Å²) in [6.07, 6.45) is 9.41. The van der Waals surface area contributed by atoms with E-state index in [-0.39, 0.29) is 12.2 Å². The minimum absolute atomic E-state index is 0.180. The van der Waals surface area contributed by atoms with Crippen molar-refractivity contribution in [2.75, 3.05) is 6.54 Å². The van der Waals surface area contributed by atoms with Gasteiger partial charge in [0.1, 0.15) is 17.4 Å². The van der Waals surface area contributed by atoms with Crippen LogP contribution in [-0.2, 0) is 25.5 Å². The molecular weight excluding hydrogens is 408 g/mol. The van der Waals surface area contributed by atoms with E-state index in [9.17, 15) is 19.5 Å². The number of carbonyl (C=O) groups excluding carboxylic acids is 3. The van der Waals surface area contributed by atoms with Gasteiger partial charge in [0.15, 0.2) is 0 Å². The molecule has 1 saturated carbocycles. The van der Waals surface area contributed by atoms with Crippen LogP contribution in [-0.4, -0.2) is 41.1 Å². The number of benzene rings is 1. The van der Waals surface area contributed by atoms with Crippen LogP contribution in [0.15, 0.2) is 36.4 Å². The molecule has 7 heteroatoms. The van der Waals surface area contributed by atoms with Gasteiger partial charge in [-0.15, -0.1) is 0 Å². The average molecular weight is 445 g/mol. The summed E-state index contributed by atoms with van der Waals surface area (Å²) in [5.41, 5.74) is 0.272. The van der Waals surface area contributed by atoms with E-state index < -0.39 is 29.4 Å². The van der Waals surface area contributed by atoms with Crippen LogP contribution in [0.2, 0.25) is 0 Å². The van der Waals surface area contributed by atoms with Crippen LogP contribution in [0.5, 0.6) is 5.75 Å². The summed E-state index contributed by atoms with van der Waals surface area (Å²) >= 11 is 0. The fourth-order valence-electron chi connectivity index (χ4n) is 3.64. The molecule has 0 heterocycles. The second-order valence-corrected chi connectivity index (χ2v) is 9.32. The number of phenols is 1. The molecule has 1 fully saturated rings. The van der Waals surface area contributed by atoms with Crippen LogP contribution >= 0.6 is 0 Å². The van der Waals surface area contributed by atoms with Crippen molar-refractivity contribution in [2.24, 2.45) is 5.92 Å². The quantitative estimate of drug-likeness (QED) is 0.400. The lowest BCUT2D eigenvalue weighted by Gasteiger charge is -2.22. The Morgan fingerprint density at radius 1 is 1.12 bits per heavy atom. The Balaban J connectivity index is 1.94. The van der Waals surface area contributed by atoms with Crippen molar-refractivity contribution in [1.82, 2.24) is 10.6 Å². The molecule has 0 saturated heterocycles. The first-order valence-corrected chi connectivity index (χ1v) is 11.4. The Hall–Kier alpha value is -2.83. The molecule has 1 aliphatic rings. The van der Waals surface area contributed by atoms with Crippen LogP contribution in [0.25, 0.3) is 0 Å². The first kappa shape index (κ1) is 25.4. The molecule has 0 spiro atoms. The van der Waals surface area contributed by atoms with E-state index >= 15 is 0 Å². The molecule has 1 aromatic carbocycles. The average Bonchev–Trinajstić information content (AvgIpc) is 2.72. The van der Waals surface area contributed by atoms with Crippen LogP contribution in [0.1, 0.15) is 64.9 Å². The third kappa shape index (κ3) is 9.98. The molecule has 0 unspecified atom stereocenters. The largest absolute Gasteiger partial charge is 0.508 e. The van der Waals surface area contributed by atoms with Crippen molar-refractivity contribution in [1.29, 1.82) is 0 Å². The van der Waals surface area contributed by atoms with Gasteiger partial charge in [-0.1, -0.05) is 37.5 Å². The van der Waals surface area contributed by atoms with Gasteiger partial charge >= 0.3 is 5.97 Å². The molecule has 0 radical (unpaired) electrons. The molecule has 2 rings (SSSR count). The highest BCUT2D eigenvalue weighted by Gasteiger charge is 2.26. The highest BCUT2D eigenvalue weighted by Crippen LogP contribution is 2.24. The van der Waals surface area contributed by atoms with Gasteiger partial charge in [-0.05, 0) is 69.7 Å². The van der Waals surface area contributed by atoms with Crippen LogP contribution in [0.4, 0.5) is 0 Å². The predicted octanol–water partition coefficient (Wildman–Crippen LogP) is 3.40. The van der Waals surface area contributed by atoms with Crippen molar-refractivity contribution in [3.8, 4) is 5.75 Å². The van der Waals surface area contributed by atoms with Gasteiger partial charge in [-0.25, -0.2) is 0 Å². The minimum Gasteiger partial charge on any atom is -0.508 e. The number of nitrogens with one attached hydrogen (secondary N) is 2. The van der Waals surface area contributed by atoms with Crippen LogP contribution in [0.3, 0.4) is 0 Å². The van der Waals surface area contributed by atoms with Crippen molar-refractivity contribution in [2.45, 2.75) is 77.4 Å². The van der Waals surface area contributed by atoms with E-state index in [0.717, 1.165) is 18.4 Å². The van der Waals surface area contributed by atoms with Crippen LogP contribution in [0, 0.1) is 5.92 Å². The maximum atomic E-state index is 12.7. The number of allylic oxidation sites excluding steroid dienone is 1. The van der Waals surface area contributed by atoms with Crippen molar-refractivity contribution in [3.63, 3.8) is 0 Å². The Morgan fingerprint density at radius 3 is 2.41 bits per heavy atom. The fraction of sp³-hybridized carbons (Fsp3) is 0.560. The van der Waals surface area contributed by atoms with Crippen LogP contribution < -0.4 is 10.6 Å². The number of amides is 2. The second-order valence-electron chi connectivity index (χ2n) is 9.32. The second kappa shape index (κ2) is 12.3. The lowest BCUT2D eigenvalue weighted by Crippen LogP contribution is -2.48. The number of rotatable bonds is 9. The zero-order valence-electron chi connectivity index (χ0n) is 19.4. The number of carbonyl (C=O) groups is 3. The maximum absolute atomic E-state index is 12.7. The summed E-state index contributed by atoms with van der Waals surface area (Å²) in [7, 11) is 0. The van der Waals surface area contributed by atoms with Gasteiger partial charge in [-0.2, -0.15) is 0 Å². The van der Waals surface area contributed by atoms with E-state index in [1.165, 1.54) is 25.3 Å².